The lowest BCUT2D eigenvalue weighted by atomic mass is 9.92. The number of rotatable bonds is 1. The minimum atomic E-state index is -0.00448. The maximum Gasteiger partial charge on any atom is 0.127 e. The fourth-order valence-electron chi connectivity index (χ4n) is 1.65. The second-order valence-electron chi connectivity index (χ2n) is 5.22. The molecule has 2 N–H and O–H groups in total. The van der Waals surface area contributed by atoms with Gasteiger partial charge in [-0.3, -0.25) is 4.98 Å². The molecule has 2 aromatic heterocycles. The standard InChI is InChI=1S/C13H18N4/c1-9-10(6-5-7-15-9)17-12(14)8-11(16-17)13(2,3)4/h5-8H,14H2,1-4H3. The molecule has 0 aliphatic rings. The average Bonchev–Trinajstić information content (AvgIpc) is 2.61. The molecule has 90 valence electrons. The molecule has 0 unspecified atom stereocenters. The largest absolute Gasteiger partial charge is 0.384 e. The zero-order valence-electron chi connectivity index (χ0n) is 10.7. The molecule has 0 aliphatic carbocycles. The van der Waals surface area contributed by atoms with Crippen LogP contribution in [0.15, 0.2) is 24.4 Å². The van der Waals surface area contributed by atoms with Crippen molar-refractivity contribution in [3.05, 3.63) is 35.8 Å². The van der Waals surface area contributed by atoms with Crippen molar-refractivity contribution >= 4 is 5.82 Å². The van der Waals surface area contributed by atoms with Gasteiger partial charge in [0, 0.05) is 17.7 Å². The molecule has 0 saturated carbocycles. The smallest absolute Gasteiger partial charge is 0.127 e. The predicted molar refractivity (Wildman–Crippen MR) is 69.2 cm³/mol. The quantitative estimate of drug-likeness (QED) is 0.818. The Kier molecular flexibility index (Phi) is 2.65. The van der Waals surface area contributed by atoms with Gasteiger partial charge in [-0.2, -0.15) is 5.10 Å². The summed E-state index contributed by atoms with van der Waals surface area (Å²) in [5.74, 6) is 0.644. The summed E-state index contributed by atoms with van der Waals surface area (Å²) in [5, 5.41) is 4.56. The summed E-state index contributed by atoms with van der Waals surface area (Å²) >= 11 is 0. The van der Waals surface area contributed by atoms with Gasteiger partial charge >= 0.3 is 0 Å². The van der Waals surface area contributed by atoms with E-state index in [2.05, 4.69) is 30.9 Å². The first-order valence-electron chi connectivity index (χ1n) is 5.67. The van der Waals surface area contributed by atoms with Crippen molar-refractivity contribution < 1.29 is 0 Å². The average molecular weight is 230 g/mol. The zero-order chi connectivity index (χ0) is 12.6. The highest BCUT2D eigenvalue weighted by Crippen LogP contribution is 2.25. The Morgan fingerprint density at radius 1 is 1.29 bits per heavy atom. The first-order valence-corrected chi connectivity index (χ1v) is 5.67. The summed E-state index contributed by atoms with van der Waals surface area (Å²) < 4.78 is 1.75. The minimum Gasteiger partial charge on any atom is -0.384 e. The molecule has 0 bridgehead atoms. The van der Waals surface area contributed by atoms with E-state index in [1.807, 2.05) is 25.1 Å². The van der Waals surface area contributed by atoms with Crippen LogP contribution in [0.2, 0.25) is 0 Å². The molecule has 17 heavy (non-hydrogen) atoms. The van der Waals surface area contributed by atoms with Gasteiger partial charge in [-0.15, -0.1) is 0 Å². The van der Waals surface area contributed by atoms with Gasteiger partial charge < -0.3 is 5.73 Å². The van der Waals surface area contributed by atoms with E-state index in [1.165, 1.54) is 0 Å². The van der Waals surface area contributed by atoms with E-state index in [0.717, 1.165) is 17.1 Å². The molecule has 0 fully saturated rings. The van der Waals surface area contributed by atoms with Crippen LogP contribution >= 0.6 is 0 Å². The fraction of sp³-hybridized carbons (Fsp3) is 0.385. The Labute approximate surface area is 101 Å². The Bertz CT molecular complexity index is 535. The number of hydrogen-bond donors (Lipinski definition) is 1. The lowest BCUT2D eigenvalue weighted by molar-refractivity contribution is 0.560. The van der Waals surface area contributed by atoms with Crippen LogP contribution < -0.4 is 5.73 Å². The molecule has 0 spiro atoms. The summed E-state index contributed by atoms with van der Waals surface area (Å²) in [4.78, 5) is 4.25. The van der Waals surface area contributed by atoms with Crippen LogP contribution in [0.25, 0.3) is 5.69 Å². The topological polar surface area (TPSA) is 56.7 Å². The molecule has 4 heteroatoms. The third-order valence-electron chi connectivity index (χ3n) is 2.71. The van der Waals surface area contributed by atoms with Crippen LogP contribution in [0, 0.1) is 6.92 Å². The highest BCUT2D eigenvalue weighted by atomic mass is 15.3. The number of nitrogens with two attached hydrogens (primary N) is 1. The number of aryl methyl sites for hydroxylation is 1. The maximum absolute atomic E-state index is 6.01. The lowest BCUT2D eigenvalue weighted by Crippen LogP contribution is -2.13. The Morgan fingerprint density at radius 3 is 2.53 bits per heavy atom. The van der Waals surface area contributed by atoms with Crippen LogP contribution in [0.1, 0.15) is 32.2 Å². The monoisotopic (exact) mass is 230 g/mol. The van der Waals surface area contributed by atoms with Crippen molar-refractivity contribution in [2.45, 2.75) is 33.1 Å². The summed E-state index contributed by atoms with van der Waals surface area (Å²) in [6.45, 7) is 8.31. The third kappa shape index (κ3) is 2.16. The van der Waals surface area contributed by atoms with E-state index in [1.54, 1.807) is 10.9 Å². The number of anilines is 1. The van der Waals surface area contributed by atoms with E-state index < -0.39 is 0 Å². The molecule has 2 rings (SSSR count). The lowest BCUT2D eigenvalue weighted by Gasteiger charge is -2.14. The molecule has 4 nitrogen and oxygen atoms in total. The number of nitrogens with zero attached hydrogens (tertiary/aromatic N) is 3. The number of nitrogen functional groups attached to an aromatic ring is 1. The Balaban J connectivity index is 2.55. The zero-order valence-corrected chi connectivity index (χ0v) is 10.7. The van der Waals surface area contributed by atoms with Gasteiger partial charge in [0.2, 0.25) is 0 Å². The van der Waals surface area contributed by atoms with Gasteiger partial charge in [0.25, 0.3) is 0 Å². The van der Waals surface area contributed by atoms with E-state index >= 15 is 0 Å². The molecule has 0 aromatic carbocycles. The van der Waals surface area contributed by atoms with Crippen LogP contribution in [0.5, 0.6) is 0 Å². The molecule has 2 heterocycles. The van der Waals surface area contributed by atoms with Gasteiger partial charge in [-0.25, -0.2) is 4.68 Å². The molecule has 0 amide bonds. The van der Waals surface area contributed by atoms with Gasteiger partial charge in [-0.05, 0) is 19.1 Å². The fourth-order valence-corrected chi connectivity index (χ4v) is 1.65. The second-order valence-corrected chi connectivity index (χ2v) is 5.22. The second kappa shape index (κ2) is 3.87. The number of pyridine rings is 1. The number of aromatic nitrogens is 3. The summed E-state index contributed by atoms with van der Waals surface area (Å²) in [7, 11) is 0. The maximum atomic E-state index is 6.01. The Morgan fingerprint density at radius 2 is 2.00 bits per heavy atom. The van der Waals surface area contributed by atoms with E-state index in [9.17, 15) is 0 Å². The molecule has 2 aromatic rings. The minimum absolute atomic E-state index is 0.00448. The van der Waals surface area contributed by atoms with Gasteiger partial charge in [0.15, 0.2) is 0 Å². The van der Waals surface area contributed by atoms with E-state index in [0.29, 0.717) is 5.82 Å². The summed E-state index contributed by atoms with van der Waals surface area (Å²) in [5.41, 5.74) is 8.84. The molecule has 0 radical (unpaired) electrons. The SMILES string of the molecule is Cc1ncccc1-n1nc(C(C)(C)C)cc1N. The van der Waals surface area contributed by atoms with Crippen molar-refractivity contribution in [3.8, 4) is 5.69 Å². The summed E-state index contributed by atoms with van der Waals surface area (Å²) in [6, 6.07) is 5.78. The van der Waals surface area contributed by atoms with Gasteiger partial charge in [0.05, 0.1) is 17.1 Å². The molecule has 0 saturated heterocycles. The van der Waals surface area contributed by atoms with Crippen molar-refractivity contribution in [2.75, 3.05) is 5.73 Å². The van der Waals surface area contributed by atoms with Gasteiger partial charge in [-0.1, -0.05) is 20.8 Å². The van der Waals surface area contributed by atoms with Crippen LogP contribution in [0.3, 0.4) is 0 Å². The van der Waals surface area contributed by atoms with Crippen molar-refractivity contribution in [3.63, 3.8) is 0 Å². The molecular weight excluding hydrogens is 212 g/mol. The molecule has 0 atom stereocenters. The van der Waals surface area contributed by atoms with E-state index in [-0.39, 0.29) is 5.41 Å². The predicted octanol–water partition coefficient (Wildman–Crippen LogP) is 2.46. The highest BCUT2D eigenvalue weighted by molar-refractivity contribution is 5.45. The molecule has 0 aliphatic heterocycles. The van der Waals surface area contributed by atoms with Crippen LogP contribution in [-0.4, -0.2) is 14.8 Å². The third-order valence-corrected chi connectivity index (χ3v) is 2.71. The highest BCUT2D eigenvalue weighted by Gasteiger charge is 2.19. The van der Waals surface area contributed by atoms with Gasteiger partial charge in [0.1, 0.15) is 5.82 Å². The van der Waals surface area contributed by atoms with Crippen molar-refractivity contribution in [2.24, 2.45) is 0 Å². The molecular formula is C13H18N4. The number of hydrogen-bond acceptors (Lipinski definition) is 3. The first kappa shape index (κ1) is 11.6. The Hall–Kier alpha value is -1.84. The van der Waals surface area contributed by atoms with Crippen molar-refractivity contribution in [1.29, 1.82) is 0 Å². The van der Waals surface area contributed by atoms with Crippen LogP contribution in [0.4, 0.5) is 5.82 Å². The summed E-state index contributed by atoms with van der Waals surface area (Å²) in [6.07, 6.45) is 1.77. The van der Waals surface area contributed by atoms with E-state index in [4.69, 9.17) is 5.73 Å². The van der Waals surface area contributed by atoms with Crippen molar-refractivity contribution in [1.82, 2.24) is 14.8 Å². The first-order chi connectivity index (χ1) is 7.89. The normalized spacial score (nSPS) is 11.8. The van der Waals surface area contributed by atoms with Crippen LogP contribution in [-0.2, 0) is 5.41 Å².